The number of rotatable bonds is 9. The normalized spacial score (nSPS) is 13.5. The van der Waals surface area contributed by atoms with Crippen molar-refractivity contribution in [1.29, 1.82) is 5.26 Å². The van der Waals surface area contributed by atoms with Crippen LogP contribution in [0.3, 0.4) is 0 Å². The van der Waals surface area contributed by atoms with Gasteiger partial charge in [0.05, 0.1) is 15.7 Å². The minimum absolute atomic E-state index is 0.0294. The van der Waals surface area contributed by atoms with E-state index in [2.05, 4.69) is 30.2 Å². The average Bonchev–Trinajstić information content (AvgIpc) is 4.08. The topological polar surface area (TPSA) is 196 Å². The van der Waals surface area contributed by atoms with E-state index in [0.29, 0.717) is 58.0 Å². The molecule has 0 aliphatic heterocycles. The molecule has 0 saturated heterocycles. The van der Waals surface area contributed by atoms with Crippen LogP contribution in [-0.2, 0) is 47.7 Å². The van der Waals surface area contributed by atoms with Crippen molar-refractivity contribution < 1.29 is 26.7 Å². The number of nitrogens with two attached hydrogens (primary N) is 1. The molecular weight excluding hydrogens is 882 g/mol. The Bertz CT molecular complexity index is 2680. The van der Waals surface area contributed by atoms with Gasteiger partial charge in [-0.15, -0.1) is 5.26 Å². The van der Waals surface area contributed by atoms with Crippen LogP contribution in [0.4, 0.5) is 19.3 Å². The molecule has 6 aromatic rings. The first kappa shape index (κ1) is 45.9. The predicted molar refractivity (Wildman–Crippen MR) is 234 cm³/mol. The van der Waals surface area contributed by atoms with Crippen LogP contribution in [0.1, 0.15) is 74.9 Å². The lowest BCUT2D eigenvalue weighted by atomic mass is 9.97. The molecule has 0 spiro atoms. The van der Waals surface area contributed by atoms with Crippen molar-refractivity contribution in [2.24, 2.45) is 5.14 Å². The Morgan fingerprint density at radius 2 is 1.26 bits per heavy atom. The number of hydrogen-bond donors (Lipinski definition) is 3. The Balaban J connectivity index is 0.000000175. The molecule has 4 N–H and O–H groups in total. The van der Waals surface area contributed by atoms with E-state index in [1.54, 1.807) is 77.1 Å². The molecule has 324 valence electrons. The first-order valence-electron chi connectivity index (χ1n) is 19.4. The van der Waals surface area contributed by atoms with Gasteiger partial charge in [-0.2, -0.15) is 10.2 Å². The highest BCUT2D eigenvalue weighted by Gasteiger charge is 2.26. The standard InChI is InChI=1S/C21H21ClFN5O2S.C15H11FN2O.C6H10ClN3OS/c1-12(2)28-11-17(22)20(26-28)31(30)27-21(29)25-19-15-5-3-4-14(15)18(23)10-16(19)13-6-8-24-9-7-13;16-14-8-13(10-4-6-18-7-5-10)15(19-9-17)12-3-1-2-11(12)14;1-4(2)10-3-5(7)6(9-10)12(8)11/h6-12H,3-5H2,1-2H3,(H2,25,27,29);4-8H,1-3H2;3-4H,8H2,1-2H3. The van der Waals surface area contributed by atoms with Gasteiger partial charge in [0.2, 0.25) is 0 Å². The summed E-state index contributed by atoms with van der Waals surface area (Å²) < 4.78 is 63.0. The SMILES string of the molecule is CC(C)n1cc(Cl)c(S(=O)NC(=O)Nc2c(-c3ccncc3)cc(F)c3c2CCC3)n1.CC(C)n1cc(Cl)c(S(N)=O)n1.N#COc1c(-c2ccncc2)cc(F)c2c1CCC2. The summed E-state index contributed by atoms with van der Waals surface area (Å²) in [4.78, 5) is 20.7. The molecule has 2 amide bonds. The summed E-state index contributed by atoms with van der Waals surface area (Å²) in [5, 5.41) is 25.8. The van der Waals surface area contributed by atoms with Crippen molar-refractivity contribution in [3.8, 4) is 34.3 Å². The predicted octanol–water partition coefficient (Wildman–Crippen LogP) is 8.99. The molecule has 0 saturated carbocycles. The molecule has 14 nitrogen and oxygen atoms in total. The van der Waals surface area contributed by atoms with Crippen LogP contribution in [0, 0.1) is 23.2 Å². The van der Waals surface area contributed by atoms with E-state index in [0.717, 1.165) is 41.5 Å². The maximum absolute atomic E-state index is 14.7. The second kappa shape index (κ2) is 20.5. The van der Waals surface area contributed by atoms with Gasteiger partial charge >= 0.3 is 6.03 Å². The fourth-order valence-electron chi connectivity index (χ4n) is 7.01. The number of aromatic nitrogens is 6. The van der Waals surface area contributed by atoms with Crippen LogP contribution in [0.2, 0.25) is 10.0 Å². The molecule has 20 heteroatoms. The molecule has 4 aromatic heterocycles. The number of nitrogens with one attached hydrogen (secondary N) is 2. The first-order chi connectivity index (χ1) is 29.7. The van der Waals surface area contributed by atoms with E-state index in [1.807, 2.05) is 27.7 Å². The number of amides is 2. The number of pyridine rings is 2. The molecule has 2 aliphatic carbocycles. The van der Waals surface area contributed by atoms with Gasteiger partial charge < -0.3 is 10.1 Å². The highest BCUT2D eigenvalue weighted by Crippen LogP contribution is 2.41. The van der Waals surface area contributed by atoms with Gasteiger partial charge in [-0.1, -0.05) is 23.2 Å². The molecule has 2 aliphatic rings. The Labute approximate surface area is 372 Å². The Morgan fingerprint density at radius 3 is 1.76 bits per heavy atom. The van der Waals surface area contributed by atoms with Crippen LogP contribution in [0.25, 0.3) is 22.3 Å². The van der Waals surface area contributed by atoms with Crippen molar-refractivity contribution in [2.45, 2.75) is 88.4 Å². The van der Waals surface area contributed by atoms with Crippen molar-refractivity contribution >= 4 is 56.9 Å². The number of fused-ring (bicyclic) bond motifs is 2. The lowest BCUT2D eigenvalue weighted by Crippen LogP contribution is -2.31. The minimum atomic E-state index is -1.96. The smallest absolute Gasteiger partial charge is 0.331 e. The van der Waals surface area contributed by atoms with Crippen LogP contribution in [0.15, 0.2) is 83.6 Å². The van der Waals surface area contributed by atoms with E-state index in [-0.39, 0.29) is 38.8 Å². The first-order valence-corrected chi connectivity index (χ1v) is 22.5. The number of ether oxygens (including phenoxy) is 1. The van der Waals surface area contributed by atoms with Crippen molar-refractivity contribution in [1.82, 2.24) is 34.3 Å². The number of nitriles is 1. The van der Waals surface area contributed by atoms with E-state index in [1.165, 1.54) is 12.1 Å². The van der Waals surface area contributed by atoms with Crippen molar-refractivity contribution in [2.75, 3.05) is 5.32 Å². The zero-order valence-electron chi connectivity index (χ0n) is 34.0. The summed E-state index contributed by atoms with van der Waals surface area (Å²) in [5.41, 5.74) is 6.06. The highest BCUT2D eigenvalue weighted by molar-refractivity contribution is 7.83. The Hall–Kier alpha value is -5.58. The molecule has 0 radical (unpaired) electrons. The number of nitrogens with zero attached hydrogens (tertiary/aromatic N) is 7. The van der Waals surface area contributed by atoms with Crippen LogP contribution in [-0.4, -0.2) is 44.0 Å². The number of halogens is 4. The summed E-state index contributed by atoms with van der Waals surface area (Å²) in [6, 6.07) is 9.46. The summed E-state index contributed by atoms with van der Waals surface area (Å²) >= 11 is 11.9. The minimum Gasteiger partial charge on any atom is -0.387 e. The third kappa shape index (κ3) is 10.5. The van der Waals surface area contributed by atoms with Gasteiger partial charge in [-0.25, -0.2) is 27.1 Å². The van der Waals surface area contributed by atoms with Crippen LogP contribution in [0.5, 0.6) is 5.75 Å². The lowest BCUT2D eigenvalue weighted by Gasteiger charge is -2.17. The monoisotopic (exact) mass is 922 g/mol. The summed E-state index contributed by atoms with van der Waals surface area (Å²) in [6.45, 7) is 7.72. The van der Waals surface area contributed by atoms with Gasteiger partial charge in [0, 0.05) is 66.0 Å². The quantitative estimate of drug-likeness (QED) is 0.119. The third-order valence-corrected chi connectivity index (χ3v) is 12.4. The molecule has 62 heavy (non-hydrogen) atoms. The van der Waals surface area contributed by atoms with Gasteiger partial charge in [0.1, 0.15) is 22.6 Å². The fourth-order valence-corrected chi connectivity index (χ4v) is 8.86. The van der Waals surface area contributed by atoms with Gasteiger partial charge in [0.25, 0.3) is 6.26 Å². The fraction of sp³-hybridized carbons (Fsp3) is 0.286. The molecule has 4 heterocycles. The largest absolute Gasteiger partial charge is 0.387 e. The number of benzene rings is 2. The second-order valence-electron chi connectivity index (χ2n) is 14.6. The Morgan fingerprint density at radius 1 is 0.790 bits per heavy atom. The molecule has 0 fully saturated rings. The maximum Gasteiger partial charge on any atom is 0.331 e. The molecule has 2 atom stereocenters. The summed E-state index contributed by atoms with van der Waals surface area (Å²) in [6.07, 6.45) is 15.8. The molecule has 2 aromatic carbocycles. The van der Waals surface area contributed by atoms with Gasteiger partial charge in [0.15, 0.2) is 26.8 Å². The second-order valence-corrected chi connectivity index (χ2v) is 17.6. The number of carbonyl (C=O) groups excluding carboxylic acids is 1. The maximum atomic E-state index is 14.7. The van der Waals surface area contributed by atoms with Crippen LogP contribution >= 0.6 is 23.2 Å². The molecule has 8 rings (SSSR count). The van der Waals surface area contributed by atoms with Crippen molar-refractivity contribution in [3.63, 3.8) is 0 Å². The van der Waals surface area contributed by atoms with Crippen LogP contribution < -0.4 is 19.9 Å². The average molecular weight is 924 g/mol. The van der Waals surface area contributed by atoms with E-state index in [9.17, 15) is 22.0 Å². The molecule has 2 unspecified atom stereocenters. The third-order valence-electron chi connectivity index (χ3n) is 9.94. The summed E-state index contributed by atoms with van der Waals surface area (Å²) in [7, 11) is -3.56. The highest BCUT2D eigenvalue weighted by atomic mass is 35.5. The van der Waals surface area contributed by atoms with Crippen molar-refractivity contribution in [3.05, 3.63) is 118 Å². The zero-order chi connectivity index (χ0) is 44.7. The van der Waals surface area contributed by atoms with E-state index >= 15 is 0 Å². The lowest BCUT2D eigenvalue weighted by molar-refractivity contribution is 0.257. The van der Waals surface area contributed by atoms with E-state index in [4.69, 9.17) is 38.3 Å². The number of hydrogen-bond acceptors (Lipinski definition) is 9. The number of urea groups is 1. The molecular formula is C42H42Cl2F2N10O4S2. The number of carbonyl (C=O) groups is 1. The number of anilines is 1. The summed E-state index contributed by atoms with van der Waals surface area (Å²) in [5.74, 6) is -0.0212. The zero-order valence-corrected chi connectivity index (χ0v) is 37.1. The van der Waals surface area contributed by atoms with Gasteiger partial charge in [-0.3, -0.25) is 24.1 Å². The van der Waals surface area contributed by atoms with E-state index < -0.39 is 28.0 Å². The molecule has 0 bridgehead atoms. The Kier molecular flexibility index (Phi) is 15.2. The van der Waals surface area contributed by atoms with Gasteiger partial charge in [-0.05, 0) is 130 Å².